The summed E-state index contributed by atoms with van der Waals surface area (Å²) >= 11 is 1.33. The number of benzene rings is 1. The van der Waals surface area contributed by atoms with Crippen molar-refractivity contribution in [3.8, 4) is 0 Å². The fourth-order valence-corrected chi connectivity index (χ4v) is 5.57. The number of nitrogens with zero attached hydrogens (tertiary/aromatic N) is 1. The number of ether oxygens (including phenoxy) is 1. The first-order chi connectivity index (χ1) is 15.7. The number of fused-ring (bicyclic) bond motifs is 1. The van der Waals surface area contributed by atoms with Crippen molar-refractivity contribution in [2.75, 3.05) is 19.0 Å². The minimum Gasteiger partial charge on any atom is -0.465 e. The first-order valence-electron chi connectivity index (χ1n) is 10.7. The lowest BCUT2D eigenvalue weighted by molar-refractivity contribution is -0.133. The molecule has 1 saturated heterocycles. The van der Waals surface area contributed by atoms with Gasteiger partial charge in [0.15, 0.2) is 0 Å². The Kier molecular flexibility index (Phi) is 6.20. The van der Waals surface area contributed by atoms with Crippen molar-refractivity contribution >= 4 is 40.2 Å². The summed E-state index contributed by atoms with van der Waals surface area (Å²) in [6.45, 7) is 0.981. The van der Waals surface area contributed by atoms with Crippen LogP contribution in [0.25, 0.3) is 0 Å². The number of aryl methyl sites for hydroxylation is 1. The molecule has 1 aromatic carbocycles. The molecule has 33 heavy (non-hydrogen) atoms. The molecule has 8 nitrogen and oxygen atoms in total. The van der Waals surface area contributed by atoms with Crippen LogP contribution < -0.4 is 10.6 Å². The molecule has 1 atom stereocenters. The van der Waals surface area contributed by atoms with Crippen molar-refractivity contribution in [1.82, 2.24) is 10.2 Å². The van der Waals surface area contributed by atoms with E-state index in [0.29, 0.717) is 16.1 Å². The molecule has 2 aromatic rings. The summed E-state index contributed by atoms with van der Waals surface area (Å²) in [6, 6.07) is 4.50. The molecular weight excluding hydrogens is 449 g/mol. The third-order valence-electron chi connectivity index (χ3n) is 6.06. The maximum atomic E-state index is 13.3. The highest BCUT2D eigenvalue weighted by Crippen LogP contribution is 2.38. The van der Waals surface area contributed by atoms with Crippen LogP contribution in [0.2, 0.25) is 0 Å². The highest BCUT2D eigenvalue weighted by atomic mass is 32.1. The lowest BCUT2D eigenvalue weighted by Gasteiger charge is -2.22. The van der Waals surface area contributed by atoms with Crippen molar-refractivity contribution in [3.63, 3.8) is 0 Å². The zero-order chi connectivity index (χ0) is 23.8. The third-order valence-corrected chi connectivity index (χ3v) is 7.27. The SMILES string of the molecule is COC(=O)c1c(NC(=O)CN2C(=O)NC(C)(c3ccc(F)cc3)C2=O)sc2c1CCCCC2. The van der Waals surface area contributed by atoms with Gasteiger partial charge in [-0.25, -0.2) is 14.0 Å². The second-order valence-corrected chi connectivity index (χ2v) is 9.37. The molecule has 2 aliphatic rings. The van der Waals surface area contributed by atoms with Crippen LogP contribution in [0.3, 0.4) is 0 Å². The van der Waals surface area contributed by atoms with Crippen LogP contribution >= 0.6 is 11.3 Å². The van der Waals surface area contributed by atoms with Gasteiger partial charge < -0.3 is 15.4 Å². The van der Waals surface area contributed by atoms with Gasteiger partial charge in [0.05, 0.1) is 12.7 Å². The first-order valence-corrected chi connectivity index (χ1v) is 11.5. The molecule has 0 radical (unpaired) electrons. The maximum Gasteiger partial charge on any atom is 0.341 e. The molecule has 1 aliphatic carbocycles. The number of amides is 4. The van der Waals surface area contributed by atoms with Gasteiger partial charge in [-0.2, -0.15) is 0 Å². The molecule has 4 rings (SSSR count). The summed E-state index contributed by atoms with van der Waals surface area (Å²) in [5, 5.41) is 5.65. The van der Waals surface area contributed by atoms with Crippen LogP contribution in [0.4, 0.5) is 14.2 Å². The number of anilines is 1. The van der Waals surface area contributed by atoms with Crippen LogP contribution in [-0.2, 0) is 32.7 Å². The van der Waals surface area contributed by atoms with Gasteiger partial charge in [-0.15, -0.1) is 11.3 Å². The summed E-state index contributed by atoms with van der Waals surface area (Å²) in [7, 11) is 1.29. The van der Waals surface area contributed by atoms with Gasteiger partial charge in [0.25, 0.3) is 5.91 Å². The van der Waals surface area contributed by atoms with E-state index in [9.17, 15) is 23.6 Å². The zero-order valence-corrected chi connectivity index (χ0v) is 19.1. The monoisotopic (exact) mass is 473 g/mol. The summed E-state index contributed by atoms with van der Waals surface area (Å²) < 4.78 is 18.2. The average molecular weight is 474 g/mol. The van der Waals surface area contributed by atoms with Gasteiger partial charge in [0.2, 0.25) is 5.91 Å². The number of hydrogen-bond donors (Lipinski definition) is 2. The molecule has 1 fully saturated rings. The molecule has 0 saturated carbocycles. The maximum absolute atomic E-state index is 13.3. The van der Waals surface area contributed by atoms with E-state index < -0.39 is 41.7 Å². The minimum absolute atomic E-state index is 0.348. The van der Waals surface area contributed by atoms with E-state index in [2.05, 4.69) is 10.6 Å². The van der Waals surface area contributed by atoms with Gasteiger partial charge in [0.1, 0.15) is 22.9 Å². The number of rotatable bonds is 5. The van der Waals surface area contributed by atoms with Crippen molar-refractivity contribution in [2.24, 2.45) is 0 Å². The summed E-state index contributed by atoms with van der Waals surface area (Å²) in [4.78, 5) is 52.7. The predicted molar refractivity (Wildman–Crippen MR) is 120 cm³/mol. The molecule has 10 heteroatoms. The smallest absolute Gasteiger partial charge is 0.341 e. The van der Waals surface area contributed by atoms with Crippen molar-refractivity contribution < 1.29 is 28.3 Å². The molecule has 174 valence electrons. The van der Waals surface area contributed by atoms with Crippen molar-refractivity contribution in [3.05, 3.63) is 51.7 Å². The van der Waals surface area contributed by atoms with Crippen LogP contribution in [0, 0.1) is 5.82 Å². The number of halogens is 1. The number of thiophene rings is 1. The molecule has 1 aliphatic heterocycles. The van der Waals surface area contributed by atoms with Gasteiger partial charge in [-0.1, -0.05) is 18.6 Å². The quantitative estimate of drug-likeness (QED) is 0.394. The van der Waals surface area contributed by atoms with Gasteiger partial charge in [-0.05, 0) is 55.9 Å². The Morgan fingerprint density at radius 1 is 1.18 bits per heavy atom. The molecule has 0 bridgehead atoms. The van der Waals surface area contributed by atoms with Gasteiger partial charge in [0, 0.05) is 4.88 Å². The van der Waals surface area contributed by atoms with E-state index in [1.165, 1.54) is 49.6 Å². The van der Waals surface area contributed by atoms with E-state index in [-0.39, 0.29) is 0 Å². The fraction of sp³-hybridized carbons (Fsp3) is 0.391. The number of esters is 1. The normalized spacial score (nSPS) is 20.2. The second kappa shape index (κ2) is 8.93. The van der Waals surface area contributed by atoms with Gasteiger partial charge >= 0.3 is 12.0 Å². The van der Waals surface area contributed by atoms with E-state index in [1.54, 1.807) is 0 Å². The topological polar surface area (TPSA) is 105 Å². The summed E-state index contributed by atoms with van der Waals surface area (Å²) in [6.07, 6.45) is 4.58. The van der Waals surface area contributed by atoms with Crippen molar-refractivity contribution in [2.45, 2.75) is 44.6 Å². The Hall–Kier alpha value is -3.27. The van der Waals surface area contributed by atoms with Crippen LogP contribution in [0.5, 0.6) is 0 Å². The zero-order valence-electron chi connectivity index (χ0n) is 18.3. The van der Waals surface area contributed by atoms with Gasteiger partial charge in [-0.3, -0.25) is 14.5 Å². The number of carbonyl (C=O) groups is 4. The Labute approximate surface area is 194 Å². The molecule has 1 aromatic heterocycles. The van der Waals surface area contributed by atoms with Crippen LogP contribution in [0.15, 0.2) is 24.3 Å². The van der Waals surface area contributed by atoms with Crippen LogP contribution in [-0.4, -0.2) is 42.4 Å². The largest absolute Gasteiger partial charge is 0.465 e. The number of hydrogen-bond acceptors (Lipinski definition) is 6. The Morgan fingerprint density at radius 2 is 1.88 bits per heavy atom. The standard InChI is InChI=1S/C23H24FN3O5S/c1-23(13-8-10-14(24)11-9-13)21(30)27(22(31)26-23)12-17(28)25-19-18(20(29)32-2)15-6-4-3-5-7-16(15)33-19/h8-11H,3-7,12H2,1-2H3,(H,25,28)(H,26,31). The fourth-order valence-electron chi connectivity index (χ4n) is 4.28. The molecular formula is C23H24FN3O5S. The lowest BCUT2D eigenvalue weighted by atomic mass is 9.92. The number of carbonyl (C=O) groups excluding carboxylic acids is 4. The number of imide groups is 1. The molecule has 0 spiro atoms. The molecule has 2 N–H and O–H groups in total. The predicted octanol–water partition coefficient (Wildman–Crippen LogP) is 3.35. The van der Waals surface area contributed by atoms with E-state index >= 15 is 0 Å². The Bertz CT molecular complexity index is 1130. The number of methoxy groups -OCH3 is 1. The summed E-state index contributed by atoms with van der Waals surface area (Å²) in [5.74, 6) is -2.22. The van der Waals surface area contributed by atoms with Crippen LogP contribution in [0.1, 0.15) is 52.5 Å². The number of nitrogens with one attached hydrogen (secondary N) is 2. The first kappa shape index (κ1) is 22.9. The van der Waals surface area contributed by atoms with E-state index in [4.69, 9.17) is 4.74 Å². The number of urea groups is 1. The molecule has 4 amide bonds. The highest BCUT2D eigenvalue weighted by molar-refractivity contribution is 7.17. The Balaban J connectivity index is 1.53. The molecule has 2 heterocycles. The highest BCUT2D eigenvalue weighted by Gasteiger charge is 2.49. The van der Waals surface area contributed by atoms with E-state index in [0.717, 1.165) is 47.4 Å². The minimum atomic E-state index is -1.41. The summed E-state index contributed by atoms with van der Waals surface area (Å²) in [5.41, 5.74) is 0.238. The lowest BCUT2D eigenvalue weighted by Crippen LogP contribution is -2.42. The third kappa shape index (κ3) is 4.22. The second-order valence-electron chi connectivity index (χ2n) is 8.26. The van der Waals surface area contributed by atoms with Crippen molar-refractivity contribution in [1.29, 1.82) is 0 Å². The Morgan fingerprint density at radius 3 is 2.58 bits per heavy atom. The average Bonchev–Trinajstić information content (AvgIpc) is 3.10. The van der Waals surface area contributed by atoms with E-state index in [1.807, 2.05) is 0 Å². The molecule has 1 unspecified atom stereocenters.